The van der Waals surface area contributed by atoms with Gasteiger partial charge in [-0.25, -0.2) is 0 Å². The Hall–Kier alpha value is -1.13. The Morgan fingerprint density at radius 3 is 3.00 bits per heavy atom. The van der Waals surface area contributed by atoms with Crippen LogP contribution in [0.3, 0.4) is 0 Å². The maximum Gasteiger partial charge on any atom is 0.145 e. The van der Waals surface area contributed by atoms with Gasteiger partial charge < -0.3 is 14.8 Å². The molecule has 0 spiro atoms. The summed E-state index contributed by atoms with van der Waals surface area (Å²) in [4.78, 5) is 4.29. The summed E-state index contributed by atoms with van der Waals surface area (Å²) in [5.41, 5.74) is 2.09. The van der Waals surface area contributed by atoms with E-state index in [0.29, 0.717) is 13.2 Å². The van der Waals surface area contributed by atoms with Crippen LogP contribution in [0.2, 0.25) is 0 Å². The quantitative estimate of drug-likeness (QED) is 0.815. The van der Waals surface area contributed by atoms with Gasteiger partial charge in [0.25, 0.3) is 0 Å². The molecule has 0 saturated carbocycles. The summed E-state index contributed by atoms with van der Waals surface area (Å²) in [6, 6.07) is 1.99. The molecule has 1 aliphatic rings. The largest absolute Gasteiger partial charge is 0.485 e. The standard InChI is InChI=1S/C12H18N2O2/c1-3-13-5-10-6-14-9(2)4-12(10)16-11-7-15-8-11/h4,6,11,13H,3,5,7-8H2,1-2H3. The van der Waals surface area contributed by atoms with Gasteiger partial charge in [0.15, 0.2) is 0 Å². The first-order valence-electron chi connectivity index (χ1n) is 5.70. The van der Waals surface area contributed by atoms with Gasteiger partial charge in [0.05, 0.1) is 13.2 Å². The minimum atomic E-state index is 0.210. The van der Waals surface area contributed by atoms with Crippen LogP contribution in [0, 0.1) is 6.92 Å². The molecule has 1 saturated heterocycles. The zero-order chi connectivity index (χ0) is 11.4. The summed E-state index contributed by atoms with van der Waals surface area (Å²) in [5.74, 6) is 0.932. The van der Waals surface area contributed by atoms with Gasteiger partial charge in [0.2, 0.25) is 0 Å². The number of ether oxygens (including phenoxy) is 2. The third-order valence-electron chi connectivity index (χ3n) is 2.55. The van der Waals surface area contributed by atoms with Crippen LogP contribution in [0.25, 0.3) is 0 Å². The highest BCUT2D eigenvalue weighted by Crippen LogP contribution is 2.21. The molecule has 1 N–H and O–H groups in total. The van der Waals surface area contributed by atoms with E-state index < -0.39 is 0 Å². The monoisotopic (exact) mass is 222 g/mol. The first-order chi connectivity index (χ1) is 7.79. The van der Waals surface area contributed by atoms with Crippen LogP contribution >= 0.6 is 0 Å². The minimum Gasteiger partial charge on any atom is -0.485 e. The van der Waals surface area contributed by atoms with E-state index in [4.69, 9.17) is 9.47 Å². The van der Waals surface area contributed by atoms with E-state index in [1.165, 1.54) is 0 Å². The summed E-state index contributed by atoms with van der Waals surface area (Å²) >= 11 is 0. The number of aryl methyl sites for hydroxylation is 1. The number of rotatable bonds is 5. The van der Waals surface area contributed by atoms with Crippen molar-refractivity contribution in [1.82, 2.24) is 10.3 Å². The van der Waals surface area contributed by atoms with Gasteiger partial charge in [-0.15, -0.1) is 0 Å². The van der Waals surface area contributed by atoms with Crippen LogP contribution < -0.4 is 10.1 Å². The molecule has 4 heteroatoms. The third kappa shape index (κ3) is 2.71. The molecule has 0 atom stereocenters. The van der Waals surface area contributed by atoms with Crippen molar-refractivity contribution in [2.24, 2.45) is 0 Å². The highest BCUT2D eigenvalue weighted by Gasteiger charge is 2.21. The minimum absolute atomic E-state index is 0.210. The average molecular weight is 222 g/mol. The molecular formula is C12H18N2O2. The summed E-state index contributed by atoms with van der Waals surface area (Å²) in [6.45, 7) is 7.19. The van der Waals surface area contributed by atoms with Gasteiger partial charge >= 0.3 is 0 Å². The van der Waals surface area contributed by atoms with Gasteiger partial charge in [-0.05, 0) is 13.5 Å². The van der Waals surface area contributed by atoms with Crippen LogP contribution in [-0.2, 0) is 11.3 Å². The van der Waals surface area contributed by atoms with Crippen molar-refractivity contribution in [2.45, 2.75) is 26.5 Å². The van der Waals surface area contributed by atoms with E-state index >= 15 is 0 Å². The van der Waals surface area contributed by atoms with E-state index in [0.717, 1.165) is 30.1 Å². The lowest BCUT2D eigenvalue weighted by molar-refractivity contribution is -0.0800. The fourth-order valence-electron chi connectivity index (χ4n) is 1.53. The van der Waals surface area contributed by atoms with Crippen LogP contribution in [0.1, 0.15) is 18.2 Å². The third-order valence-corrected chi connectivity index (χ3v) is 2.55. The molecule has 0 aromatic carbocycles. The molecule has 0 aliphatic carbocycles. The van der Waals surface area contributed by atoms with Crippen molar-refractivity contribution in [3.63, 3.8) is 0 Å². The highest BCUT2D eigenvalue weighted by molar-refractivity contribution is 5.33. The fourth-order valence-corrected chi connectivity index (χ4v) is 1.53. The lowest BCUT2D eigenvalue weighted by Crippen LogP contribution is -2.38. The van der Waals surface area contributed by atoms with E-state index in [9.17, 15) is 0 Å². The zero-order valence-electron chi connectivity index (χ0n) is 9.82. The van der Waals surface area contributed by atoms with Gasteiger partial charge in [0.1, 0.15) is 11.9 Å². The summed E-state index contributed by atoms with van der Waals surface area (Å²) in [7, 11) is 0. The Kier molecular flexibility index (Phi) is 3.74. The predicted octanol–water partition coefficient (Wildman–Crippen LogP) is 1.28. The normalized spacial score (nSPS) is 15.9. The number of aromatic nitrogens is 1. The molecular weight excluding hydrogens is 204 g/mol. The van der Waals surface area contributed by atoms with Crippen LogP contribution in [0.15, 0.2) is 12.3 Å². The van der Waals surface area contributed by atoms with Crippen molar-refractivity contribution >= 4 is 0 Å². The molecule has 0 bridgehead atoms. The Morgan fingerprint density at radius 1 is 1.56 bits per heavy atom. The Morgan fingerprint density at radius 2 is 2.38 bits per heavy atom. The Labute approximate surface area is 96.0 Å². The van der Waals surface area contributed by atoms with Gasteiger partial charge in [-0.3, -0.25) is 4.98 Å². The Bertz CT molecular complexity index is 351. The number of hydrogen-bond donors (Lipinski definition) is 1. The summed E-state index contributed by atoms with van der Waals surface area (Å²) in [6.07, 6.45) is 2.09. The molecule has 0 radical (unpaired) electrons. The van der Waals surface area contributed by atoms with Crippen molar-refractivity contribution < 1.29 is 9.47 Å². The fraction of sp³-hybridized carbons (Fsp3) is 0.583. The average Bonchev–Trinajstić information content (AvgIpc) is 2.22. The maximum atomic E-state index is 5.85. The van der Waals surface area contributed by atoms with Gasteiger partial charge in [-0.2, -0.15) is 0 Å². The molecule has 1 aromatic rings. The number of nitrogens with zero attached hydrogens (tertiary/aromatic N) is 1. The smallest absolute Gasteiger partial charge is 0.145 e. The second-order valence-corrected chi connectivity index (χ2v) is 3.99. The van der Waals surface area contributed by atoms with Crippen molar-refractivity contribution in [1.29, 1.82) is 0 Å². The molecule has 1 aromatic heterocycles. The second kappa shape index (κ2) is 5.27. The molecule has 0 unspecified atom stereocenters. The molecule has 4 nitrogen and oxygen atoms in total. The number of hydrogen-bond acceptors (Lipinski definition) is 4. The molecule has 16 heavy (non-hydrogen) atoms. The molecule has 2 heterocycles. The van der Waals surface area contributed by atoms with E-state index in [2.05, 4.69) is 17.2 Å². The lowest BCUT2D eigenvalue weighted by Gasteiger charge is -2.27. The van der Waals surface area contributed by atoms with Crippen LogP contribution in [-0.4, -0.2) is 30.8 Å². The van der Waals surface area contributed by atoms with Gasteiger partial charge in [0, 0.05) is 30.1 Å². The molecule has 2 rings (SSSR count). The molecule has 1 fully saturated rings. The van der Waals surface area contributed by atoms with Gasteiger partial charge in [-0.1, -0.05) is 6.92 Å². The molecule has 1 aliphatic heterocycles. The van der Waals surface area contributed by atoms with Crippen molar-refractivity contribution in [2.75, 3.05) is 19.8 Å². The highest BCUT2D eigenvalue weighted by atomic mass is 16.6. The number of nitrogens with one attached hydrogen (secondary N) is 1. The van der Waals surface area contributed by atoms with E-state index in [-0.39, 0.29) is 6.10 Å². The first kappa shape index (κ1) is 11.4. The maximum absolute atomic E-state index is 5.85. The summed E-state index contributed by atoms with van der Waals surface area (Å²) in [5, 5.41) is 3.28. The van der Waals surface area contributed by atoms with Crippen molar-refractivity contribution in [3.05, 3.63) is 23.5 Å². The SMILES string of the molecule is CCNCc1cnc(C)cc1OC1COC1. The molecule has 88 valence electrons. The predicted molar refractivity (Wildman–Crippen MR) is 61.6 cm³/mol. The zero-order valence-corrected chi connectivity index (χ0v) is 9.82. The van der Waals surface area contributed by atoms with Crippen LogP contribution in [0.4, 0.5) is 0 Å². The Balaban J connectivity index is 2.07. The lowest BCUT2D eigenvalue weighted by atomic mass is 10.2. The summed E-state index contributed by atoms with van der Waals surface area (Å²) < 4.78 is 11.0. The van der Waals surface area contributed by atoms with Crippen molar-refractivity contribution in [3.8, 4) is 5.75 Å². The first-order valence-corrected chi connectivity index (χ1v) is 5.70. The molecule has 0 amide bonds. The van der Waals surface area contributed by atoms with Crippen LogP contribution in [0.5, 0.6) is 5.75 Å². The van der Waals surface area contributed by atoms with E-state index in [1.54, 1.807) is 0 Å². The topological polar surface area (TPSA) is 43.4 Å². The number of pyridine rings is 1. The second-order valence-electron chi connectivity index (χ2n) is 3.99. The van der Waals surface area contributed by atoms with E-state index in [1.807, 2.05) is 19.2 Å².